The molecule has 0 bridgehead atoms. The molecule has 0 aliphatic carbocycles. The Kier molecular flexibility index (Phi) is 4.61. The molecule has 1 aliphatic rings. The predicted octanol–water partition coefficient (Wildman–Crippen LogP) is 0.906. The first-order chi connectivity index (χ1) is 9.58. The molecular weight excluding hydrogens is 254 g/mol. The standard InChI is InChI=1S/C15H21N3O2/c1-11(18(2)12-6-4-3-5-7-12)10-16-15(20)13-8-9-14(19)17-13/h3-7,11,13H,8-10H2,1-2H3,(H,16,20)(H,17,19)/t11-,13-/m1/s1. The number of likely N-dealkylation sites (N-methyl/N-ethyl adjacent to an activating group) is 1. The van der Waals surface area contributed by atoms with E-state index in [-0.39, 0.29) is 23.9 Å². The van der Waals surface area contributed by atoms with Crippen molar-refractivity contribution >= 4 is 17.5 Å². The Labute approximate surface area is 119 Å². The van der Waals surface area contributed by atoms with E-state index >= 15 is 0 Å². The molecule has 1 aromatic carbocycles. The van der Waals surface area contributed by atoms with E-state index in [9.17, 15) is 9.59 Å². The van der Waals surface area contributed by atoms with Crippen molar-refractivity contribution in [1.82, 2.24) is 10.6 Å². The smallest absolute Gasteiger partial charge is 0.242 e. The summed E-state index contributed by atoms with van der Waals surface area (Å²) in [6.45, 7) is 2.61. The van der Waals surface area contributed by atoms with Crippen LogP contribution in [0.5, 0.6) is 0 Å². The van der Waals surface area contributed by atoms with Gasteiger partial charge in [0.05, 0.1) is 0 Å². The molecular formula is C15H21N3O2. The molecule has 20 heavy (non-hydrogen) atoms. The molecule has 2 amide bonds. The molecule has 1 aromatic rings. The van der Waals surface area contributed by atoms with Crippen molar-refractivity contribution in [2.45, 2.75) is 31.8 Å². The second-order valence-electron chi connectivity index (χ2n) is 5.20. The summed E-state index contributed by atoms with van der Waals surface area (Å²) in [4.78, 5) is 25.1. The van der Waals surface area contributed by atoms with E-state index in [1.165, 1.54) is 0 Å². The zero-order valence-corrected chi connectivity index (χ0v) is 11.9. The van der Waals surface area contributed by atoms with Gasteiger partial charge in [-0.3, -0.25) is 9.59 Å². The maximum atomic E-state index is 11.9. The molecule has 1 heterocycles. The third-order valence-corrected chi connectivity index (χ3v) is 3.71. The normalized spacial score (nSPS) is 19.3. The molecule has 2 N–H and O–H groups in total. The fraction of sp³-hybridized carbons (Fsp3) is 0.467. The molecule has 108 valence electrons. The molecule has 1 saturated heterocycles. The molecule has 0 aromatic heterocycles. The van der Waals surface area contributed by atoms with Gasteiger partial charge >= 0.3 is 0 Å². The van der Waals surface area contributed by atoms with Crippen LogP contribution in [0, 0.1) is 0 Å². The SMILES string of the molecule is C[C@H](CNC(=O)[C@H]1CCC(=O)N1)N(C)c1ccccc1. The van der Waals surface area contributed by atoms with E-state index in [0.29, 0.717) is 19.4 Å². The lowest BCUT2D eigenvalue weighted by atomic mass is 10.2. The third-order valence-electron chi connectivity index (χ3n) is 3.71. The summed E-state index contributed by atoms with van der Waals surface area (Å²) in [6.07, 6.45) is 1.03. The lowest BCUT2D eigenvalue weighted by Gasteiger charge is -2.27. The van der Waals surface area contributed by atoms with E-state index in [2.05, 4.69) is 22.5 Å². The van der Waals surface area contributed by atoms with Gasteiger partial charge in [0.1, 0.15) is 6.04 Å². The Morgan fingerprint density at radius 2 is 2.15 bits per heavy atom. The Bertz CT molecular complexity index is 475. The average molecular weight is 275 g/mol. The van der Waals surface area contributed by atoms with Crippen LogP contribution in [0.15, 0.2) is 30.3 Å². The molecule has 0 unspecified atom stereocenters. The summed E-state index contributed by atoms with van der Waals surface area (Å²) in [5, 5.41) is 5.57. The van der Waals surface area contributed by atoms with Crippen molar-refractivity contribution < 1.29 is 9.59 Å². The number of hydrogen-bond acceptors (Lipinski definition) is 3. The van der Waals surface area contributed by atoms with Crippen LogP contribution in [0.25, 0.3) is 0 Å². The number of carbonyl (C=O) groups is 2. The van der Waals surface area contributed by atoms with E-state index in [1.807, 2.05) is 37.4 Å². The summed E-state index contributed by atoms with van der Waals surface area (Å²) in [5.41, 5.74) is 1.11. The van der Waals surface area contributed by atoms with Gasteiger partial charge in [-0.15, -0.1) is 0 Å². The molecule has 1 fully saturated rings. The molecule has 5 heteroatoms. The number of amides is 2. The van der Waals surface area contributed by atoms with Crippen molar-refractivity contribution in [3.63, 3.8) is 0 Å². The van der Waals surface area contributed by atoms with Crippen molar-refractivity contribution in [2.75, 3.05) is 18.5 Å². The van der Waals surface area contributed by atoms with Crippen LogP contribution in [0.1, 0.15) is 19.8 Å². The number of anilines is 1. The number of benzene rings is 1. The minimum absolute atomic E-state index is 0.0420. The highest BCUT2D eigenvalue weighted by Crippen LogP contribution is 2.13. The monoisotopic (exact) mass is 275 g/mol. The summed E-state index contributed by atoms with van der Waals surface area (Å²) >= 11 is 0. The maximum Gasteiger partial charge on any atom is 0.242 e. The second kappa shape index (κ2) is 6.41. The molecule has 2 atom stereocenters. The minimum atomic E-state index is -0.364. The molecule has 0 saturated carbocycles. The summed E-state index contributed by atoms with van der Waals surface area (Å²) in [7, 11) is 2.00. The Balaban J connectivity index is 1.81. The van der Waals surface area contributed by atoms with Gasteiger partial charge in [0, 0.05) is 31.7 Å². The second-order valence-corrected chi connectivity index (χ2v) is 5.20. The van der Waals surface area contributed by atoms with Crippen molar-refractivity contribution in [2.24, 2.45) is 0 Å². The van der Waals surface area contributed by atoms with Gasteiger partial charge in [-0.1, -0.05) is 18.2 Å². The average Bonchev–Trinajstić information content (AvgIpc) is 2.91. The number of rotatable bonds is 5. The highest BCUT2D eigenvalue weighted by molar-refractivity contribution is 5.90. The van der Waals surface area contributed by atoms with Gasteiger partial charge in [0.2, 0.25) is 11.8 Å². The highest BCUT2D eigenvalue weighted by atomic mass is 16.2. The van der Waals surface area contributed by atoms with E-state index in [4.69, 9.17) is 0 Å². The summed E-state index contributed by atoms with van der Waals surface area (Å²) < 4.78 is 0. The molecule has 0 radical (unpaired) electrons. The van der Waals surface area contributed by atoms with Gasteiger partial charge in [0.15, 0.2) is 0 Å². The maximum absolute atomic E-state index is 11.9. The zero-order valence-electron chi connectivity index (χ0n) is 11.9. The number of para-hydroxylation sites is 1. The fourth-order valence-electron chi connectivity index (χ4n) is 2.24. The van der Waals surface area contributed by atoms with Gasteiger partial charge < -0.3 is 15.5 Å². The summed E-state index contributed by atoms with van der Waals surface area (Å²) in [5.74, 6) is -0.135. The van der Waals surface area contributed by atoms with E-state index in [1.54, 1.807) is 0 Å². The number of nitrogens with one attached hydrogen (secondary N) is 2. The van der Waals surface area contributed by atoms with Gasteiger partial charge in [-0.05, 0) is 25.5 Å². The van der Waals surface area contributed by atoms with Crippen molar-refractivity contribution in [3.05, 3.63) is 30.3 Å². The van der Waals surface area contributed by atoms with E-state index < -0.39 is 0 Å². The van der Waals surface area contributed by atoms with E-state index in [0.717, 1.165) is 5.69 Å². The lowest BCUT2D eigenvalue weighted by molar-refractivity contribution is -0.125. The van der Waals surface area contributed by atoms with Crippen LogP contribution in [0.3, 0.4) is 0 Å². The number of carbonyl (C=O) groups excluding carboxylic acids is 2. The third kappa shape index (κ3) is 3.50. The fourth-order valence-corrected chi connectivity index (χ4v) is 2.24. The minimum Gasteiger partial charge on any atom is -0.370 e. The first-order valence-electron chi connectivity index (χ1n) is 6.93. The molecule has 2 rings (SSSR count). The highest BCUT2D eigenvalue weighted by Gasteiger charge is 2.27. The van der Waals surface area contributed by atoms with Crippen LogP contribution < -0.4 is 15.5 Å². The van der Waals surface area contributed by atoms with Crippen molar-refractivity contribution in [1.29, 1.82) is 0 Å². The van der Waals surface area contributed by atoms with Crippen LogP contribution >= 0.6 is 0 Å². The Morgan fingerprint density at radius 3 is 2.75 bits per heavy atom. The number of hydrogen-bond donors (Lipinski definition) is 2. The molecule has 0 spiro atoms. The van der Waals surface area contributed by atoms with Crippen molar-refractivity contribution in [3.8, 4) is 0 Å². The predicted molar refractivity (Wildman–Crippen MR) is 78.5 cm³/mol. The van der Waals surface area contributed by atoms with Gasteiger partial charge in [-0.2, -0.15) is 0 Å². The summed E-state index contributed by atoms with van der Waals surface area (Å²) in [6, 6.07) is 9.85. The quantitative estimate of drug-likeness (QED) is 0.839. The molecule has 1 aliphatic heterocycles. The lowest BCUT2D eigenvalue weighted by Crippen LogP contribution is -2.46. The van der Waals surface area contributed by atoms with Crippen LogP contribution in [-0.2, 0) is 9.59 Å². The van der Waals surface area contributed by atoms with Gasteiger partial charge in [-0.25, -0.2) is 0 Å². The van der Waals surface area contributed by atoms with Gasteiger partial charge in [0.25, 0.3) is 0 Å². The Hall–Kier alpha value is -2.04. The van der Waals surface area contributed by atoms with Crippen LogP contribution in [0.2, 0.25) is 0 Å². The largest absolute Gasteiger partial charge is 0.370 e. The zero-order chi connectivity index (χ0) is 14.5. The topological polar surface area (TPSA) is 61.4 Å². The first-order valence-corrected chi connectivity index (χ1v) is 6.93. The Morgan fingerprint density at radius 1 is 1.45 bits per heavy atom. The number of nitrogens with zero attached hydrogens (tertiary/aromatic N) is 1. The van der Waals surface area contributed by atoms with Crippen LogP contribution in [0.4, 0.5) is 5.69 Å². The van der Waals surface area contributed by atoms with Crippen LogP contribution in [-0.4, -0.2) is 37.5 Å². The first kappa shape index (κ1) is 14.4. The molecule has 5 nitrogen and oxygen atoms in total.